The van der Waals surface area contributed by atoms with Crippen LogP contribution in [-0.4, -0.2) is 21.0 Å². The van der Waals surface area contributed by atoms with Gasteiger partial charge in [0.1, 0.15) is 0 Å². The number of hydrogen-bond donors (Lipinski definition) is 1. The minimum atomic E-state index is 0.689. The first-order valence-electron chi connectivity index (χ1n) is 6.36. The van der Waals surface area contributed by atoms with Crippen molar-refractivity contribution in [3.63, 3.8) is 0 Å². The van der Waals surface area contributed by atoms with Gasteiger partial charge in [-0.3, -0.25) is 4.68 Å². The molecule has 0 bridgehead atoms. The monoisotopic (exact) mass is 222 g/mol. The molecule has 0 amide bonds. The van der Waals surface area contributed by atoms with E-state index in [4.69, 9.17) is 0 Å². The molecule has 1 aromatic rings. The van der Waals surface area contributed by atoms with Crippen LogP contribution in [0.15, 0.2) is 6.20 Å². The van der Waals surface area contributed by atoms with E-state index in [0.29, 0.717) is 6.04 Å². The SMILES string of the molecule is CCC1CCCC(NCc2cnnn2C)C1. The number of hydrogen-bond acceptors (Lipinski definition) is 3. The summed E-state index contributed by atoms with van der Waals surface area (Å²) in [6, 6.07) is 0.689. The van der Waals surface area contributed by atoms with E-state index in [1.165, 1.54) is 37.8 Å². The van der Waals surface area contributed by atoms with Gasteiger partial charge in [0.2, 0.25) is 0 Å². The molecule has 16 heavy (non-hydrogen) atoms. The van der Waals surface area contributed by atoms with Gasteiger partial charge in [-0.2, -0.15) is 0 Å². The van der Waals surface area contributed by atoms with Crippen molar-refractivity contribution in [2.75, 3.05) is 0 Å². The summed E-state index contributed by atoms with van der Waals surface area (Å²) in [4.78, 5) is 0. The highest BCUT2D eigenvalue weighted by molar-refractivity contribution is 4.93. The third kappa shape index (κ3) is 2.82. The molecule has 0 spiro atoms. The number of aryl methyl sites for hydroxylation is 1. The van der Waals surface area contributed by atoms with Crippen LogP contribution in [0.1, 0.15) is 44.7 Å². The zero-order chi connectivity index (χ0) is 11.4. The average Bonchev–Trinajstić information content (AvgIpc) is 2.72. The lowest BCUT2D eigenvalue weighted by Gasteiger charge is -2.29. The Hall–Kier alpha value is -0.900. The maximum absolute atomic E-state index is 3.94. The summed E-state index contributed by atoms with van der Waals surface area (Å²) in [5.74, 6) is 0.927. The largest absolute Gasteiger partial charge is 0.308 e. The molecular formula is C12H22N4. The van der Waals surface area contributed by atoms with Crippen LogP contribution in [0.5, 0.6) is 0 Å². The number of aromatic nitrogens is 3. The van der Waals surface area contributed by atoms with Gasteiger partial charge in [0, 0.05) is 19.6 Å². The van der Waals surface area contributed by atoms with Crippen molar-refractivity contribution >= 4 is 0 Å². The van der Waals surface area contributed by atoms with Gasteiger partial charge in [-0.1, -0.05) is 31.4 Å². The third-order valence-corrected chi connectivity index (χ3v) is 3.74. The maximum atomic E-state index is 3.94. The molecule has 2 unspecified atom stereocenters. The Morgan fingerprint density at radius 3 is 3.06 bits per heavy atom. The van der Waals surface area contributed by atoms with Gasteiger partial charge in [-0.25, -0.2) is 0 Å². The Kier molecular flexibility index (Phi) is 3.93. The summed E-state index contributed by atoms with van der Waals surface area (Å²) < 4.78 is 1.84. The van der Waals surface area contributed by atoms with Gasteiger partial charge in [0.25, 0.3) is 0 Å². The lowest BCUT2D eigenvalue weighted by molar-refractivity contribution is 0.277. The molecule has 4 heteroatoms. The first-order valence-corrected chi connectivity index (χ1v) is 6.36. The van der Waals surface area contributed by atoms with E-state index in [1.807, 2.05) is 17.9 Å². The molecule has 0 radical (unpaired) electrons. The molecule has 0 saturated heterocycles. The van der Waals surface area contributed by atoms with Crippen LogP contribution in [0, 0.1) is 5.92 Å². The fourth-order valence-electron chi connectivity index (χ4n) is 2.57. The Bertz CT molecular complexity index is 321. The van der Waals surface area contributed by atoms with Gasteiger partial charge in [0.15, 0.2) is 0 Å². The number of rotatable bonds is 4. The molecule has 2 rings (SSSR count). The van der Waals surface area contributed by atoms with Crippen LogP contribution in [-0.2, 0) is 13.6 Å². The smallest absolute Gasteiger partial charge is 0.0738 e. The molecule has 90 valence electrons. The van der Waals surface area contributed by atoms with Crippen LogP contribution in [0.25, 0.3) is 0 Å². The van der Waals surface area contributed by atoms with Gasteiger partial charge in [0.05, 0.1) is 11.9 Å². The zero-order valence-corrected chi connectivity index (χ0v) is 10.3. The zero-order valence-electron chi connectivity index (χ0n) is 10.3. The van der Waals surface area contributed by atoms with E-state index in [2.05, 4.69) is 22.6 Å². The first kappa shape index (κ1) is 11.6. The van der Waals surface area contributed by atoms with Crippen LogP contribution in [0.2, 0.25) is 0 Å². The van der Waals surface area contributed by atoms with Crippen molar-refractivity contribution in [2.24, 2.45) is 13.0 Å². The van der Waals surface area contributed by atoms with Crippen molar-refractivity contribution in [2.45, 2.75) is 51.6 Å². The molecule has 1 aromatic heterocycles. The van der Waals surface area contributed by atoms with Crippen LogP contribution in [0.4, 0.5) is 0 Å². The van der Waals surface area contributed by atoms with E-state index in [1.54, 1.807) is 0 Å². The average molecular weight is 222 g/mol. The maximum Gasteiger partial charge on any atom is 0.0738 e. The fourth-order valence-corrected chi connectivity index (χ4v) is 2.57. The molecule has 1 N–H and O–H groups in total. The second kappa shape index (κ2) is 5.43. The highest BCUT2D eigenvalue weighted by Gasteiger charge is 2.20. The van der Waals surface area contributed by atoms with Gasteiger partial charge in [-0.05, 0) is 18.8 Å². The van der Waals surface area contributed by atoms with Crippen molar-refractivity contribution in [3.05, 3.63) is 11.9 Å². The lowest BCUT2D eigenvalue weighted by atomic mass is 9.84. The minimum absolute atomic E-state index is 0.689. The van der Waals surface area contributed by atoms with E-state index < -0.39 is 0 Å². The van der Waals surface area contributed by atoms with E-state index in [-0.39, 0.29) is 0 Å². The normalized spacial score (nSPS) is 25.9. The highest BCUT2D eigenvalue weighted by Crippen LogP contribution is 2.26. The van der Waals surface area contributed by atoms with Crippen molar-refractivity contribution < 1.29 is 0 Å². The molecule has 1 saturated carbocycles. The Morgan fingerprint density at radius 2 is 2.38 bits per heavy atom. The summed E-state index contributed by atoms with van der Waals surface area (Å²) in [6.45, 7) is 3.20. The molecule has 1 aliphatic rings. The van der Waals surface area contributed by atoms with Crippen LogP contribution in [0.3, 0.4) is 0 Å². The van der Waals surface area contributed by atoms with Crippen molar-refractivity contribution in [1.82, 2.24) is 20.3 Å². The third-order valence-electron chi connectivity index (χ3n) is 3.74. The van der Waals surface area contributed by atoms with E-state index in [0.717, 1.165) is 12.5 Å². The number of nitrogens with one attached hydrogen (secondary N) is 1. The van der Waals surface area contributed by atoms with Crippen LogP contribution < -0.4 is 5.32 Å². The Balaban J connectivity index is 1.79. The quantitative estimate of drug-likeness (QED) is 0.845. The summed E-state index contributed by atoms with van der Waals surface area (Å²) in [6.07, 6.45) is 8.61. The summed E-state index contributed by atoms with van der Waals surface area (Å²) >= 11 is 0. The van der Waals surface area contributed by atoms with Crippen molar-refractivity contribution in [1.29, 1.82) is 0 Å². The first-order chi connectivity index (χ1) is 7.79. The molecule has 1 aliphatic carbocycles. The molecule has 2 atom stereocenters. The minimum Gasteiger partial charge on any atom is -0.308 e. The van der Waals surface area contributed by atoms with Crippen molar-refractivity contribution in [3.8, 4) is 0 Å². The molecule has 1 heterocycles. The second-order valence-electron chi connectivity index (χ2n) is 4.87. The summed E-state index contributed by atoms with van der Waals surface area (Å²) in [5, 5.41) is 11.5. The molecule has 4 nitrogen and oxygen atoms in total. The molecule has 0 aliphatic heterocycles. The predicted molar refractivity (Wildman–Crippen MR) is 63.9 cm³/mol. The summed E-state index contributed by atoms with van der Waals surface area (Å²) in [7, 11) is 1.94. The Labute approximate surface area is 97.4 Å². The van der Waals surface area contributed by atoms with Crippen LogP contribution >= 0.6 is 0 Å². The van der Waals surface area contributed by atoms with E-state index in [9.17, 15) is 0 Å². The van der Waals surface area contributed by atoms with E-state index >= 15 is 0 Å². The topological polar surface area (TPSA) is 42.7 Å². The fraction of sp³-hybridized carbons (Fsp3) is 0.833. The lowest BCUT2D eigenvalue weighted by Crippen LogP contribution is -2.34. The van der Waals surface area contributed by atoms with Gasteiger partial charge >= 0.3 is 0 Å². The molecular weight excluding hydrogens is 200 g/mol. The summed E-state index contributed by atoms with van der Waals surface area (Å²) in [5.41, 5.74) is 1.17. The predicted octanol–water partition coefficient (Wildman–Crippen LogP) is 1.87. The number of nitrogens with zero attached hydrogens (tertiary/aromatic N) is 3. The standard InChI is InChI=1S/C12H22N4/c1-3-10-5-4-6-11(7-10)13-8-12-9-14-15-16(12)2/h9-11,13H,3-8H2,1-2H3. The molecule has 0 aromatic carbocycles. The molecule has 1 fully saturated rings. The highest BCUT2D eigenvalue weighted by atomic mass is 15.4. The van der Waals surface area contributed by atoms with Gasteiger partial charge in [-0.15, -0.1) is 5.10 Å². The Morgan fingerprint density at radius 1 is 1.50 bits per heavy atom. The second-order valence-corrected chi connectivity index (χ2v) is 4.87. The van der Waals surface area contributed by atoms with Gasteiger partial charge < -0.3 is 5.32 Å².